The maximum Gasteiger partial charge on any atom is 0.335 e. The SMILES string of the molecule is CC(C)c1ccc(C(=O)NCCCCc2cn(-c3ccccc3)c3ccc(C(=O)O)cc23)cc1. The van der Waals surface area contributed by atoms with Gasteiger partial charge in [-0.05, 0) is 78.8 Å². The number of carbonyl (C=O) groups excluding carboxylic acids is 1. The van der Waals surface area contributed by atoms with Crippen LogP contribution in [0.1, 0.15) is 64.4 Å². The zero-order valence-corrected chi connectivity index (χ0v) is 19.6. The number of rotatable bonds is 9. The highest BCUT2D eigenvalue weighted by molar-refractivity contribution is 5.95. The van der Waals surface area contributed by atoms with Crippen molar-refractivity contribution in [3.05, 3.63) is 101 Å². The van der Waals surface area contributed by atoms with Gasteiger partial charge in [0.15, 0.2) is 0 Å². The highest BCUT2D eigenvalue weighted by Crippen LogP contribution is 2.27. The summed E-state index contributed by atoms with van der Waals surface area (Å²) in [5, 5.41) is 13.4. The molecule has 0 saturated carbocycles. The van der Waals surface area contributed by atoms with Crippen molar-refractivity contribution < 1.29 is 14.7 Å². The molecule has 0 spiro atoms. The summed E-state index contributed by atoms with van der Waals surface area (Å²) in [7, 11) is 0. The summed E-state index contributed by atoms with van der Waals surface area (Å²) < 4.78 is 2.11. The van der Waals surface area contributed by atoms with Gasteiger partial charge in [0.2, 0.25) is 0 Å². The lowest BCUT2D eigenvalue weighted by Gasteiger charge is -2.08. The molecule has 0 unspecified atom stereocenters. The van der Waals surface area contributed by atoms with Crippen LogP contribution in [0.5, 0.6) is 0 Å². The first-order valence-electron chi connectivity index (χ1n) is 11.7. The molecule has 0 bridgehead atoms. The van der Waals surface area contributed by atoms with E-state index in [1.807, 2.05) is 60.7 Å². The predicted octanol–water partition coefficient (Wildman–Crippen LogP) is 6.20. The molecule has 174 valence electrons. The quantitative estimate of drug-likeness (QED) is 0.296. The number of fused-ring (bicyclic) bond motifs is 1. The van der Waals surface area contributed by atoms with Gasteiger partial charge in [0.05, 0.1) is 11.1 Å². The third-order valence-corrected chi connectivity index (χ3v) is 6.17. The Labute approximate surface area is 200 Å². The first kappa shape index (κ1) is 23.3. The van der Waals surface area contributed by atoms with Gasteiger partial charge in [-0.3, -0.25) is 4.79 Å². The largest absolute Gasteiger partial charge is 0.478 e. The van der Waals surface area contributed by atoms with Crippen LogP contribution in [-0.2, 0) is 6.42 Å². The average Bonchev–Trinajstić information content (AvgIpc) is 3.22. The number of hydrogen-bond donors (Lipinski definition) is 2. The number of amides is 1. The van der Waals surface area contributed by atoms with Gasteiger partial charge in [-0.15, -0.1) is 0 Å². The van der Waals surface area contributed by atoms with E-state index in [-0.39, 0.29) is 11.5 Å². The molecule has 4 aromatic rings. The molecule has 0 saturated heterocycles. The molecule has 0 atom stereocenters. The molecule has 5 heteroatoms. The van der Waals surface area contributed by atoms with Gasteiger partial charge in [-0.1, -0.05) is 44.2 Å². The molecular weight excluding hydrogens is 424 g/mol. The molecule has 1 aromatic heterocycles. The van der Waals surface area contributed by atoms with Crippen molar-refractivity contribution in [3.8, 4) is 5.69 Å². The Balaban J connectivity index is 1.41. The van der Waals surface area contributed by atoms with Crippen LogP contribution in [0, 0.1) is 0 Å². The van der Waals surface area contributed by atoms with E-state index in [9.17, 15) is 14.7 Å². The first-order chi connectivity index (χ1) is 16.4. The van der Waals surface area contributed by atoms with Gasteiger partial charge in [0.1, 0.15) is 0 Å². The Morgan fingerprint density at radius 3 is 2.29 bits per heavy atom. The number of aromatic nitrogens is 1. The van der Waals surface area contributed by atoms with Crippen LogP contribution in [0.15, 0.2) is 79.0 Å². The smallest absolute Gasteiger partial charge is 0.335 e. The third kappa shape index (κ3) is 5.20. The molecule has 0 aliphatic carbocycles. The molecule has 0 fully saturated rings. The van der Waals surface area contributed by atoms with Crippen molar-refractivity contribution in [2.45, 2.75) is 39.0 Å². The van der Waals surface area contributed by atoms with Crippen molar-refractivity contribution in [1.29, 1.82) is 0 Å². The molecule has 0 aliphatic heterocycles. The Bertz CT molecular complexity index is 1290. The highest BCUT2D eigenvalue weighted by Gasteiger charge is 2.13. The molecule has 0 aliphatic rings. The van der Waals surface area contributed by atoms with Gasteiger partial charge < -0.3 is 15.0 Å². The van der Waals surface area contributed by atoms with E-state index in [4.69, 9.17) is 0 Å². The summed E-state index contributed by atoms with van der Waals surface area (Å²) in [4.78, 5) is 23.9. The van der Waals surface area contributed by atoms with E-state index >= 15 is 0 Å². The van der Waals surface area contributed by atoms with Crippen molar-refractivity contribution in [3.63, 3.8) is 0 Å². The number of aryl methyl sites for hydroxylation is 1. The Hall–Kier alpha value is -3.86. The Morgan fingerprint density at radius 2 is 1.62 bits per heavy atom. The minimum atomic E-state index is -0.926. The van der Waals surface area contributed by atoms with Crippen LogP contribution >= 0.6 is 0 Å². The second kappa shape index (κ2) is 10.4. The lowest BCUT2D eigenvalue weighted by molar-refractivity contribution is 0.0696. The van der Waals surface area contributed by atoms with Gasteiger partial charge in [-0.25, -0.2) is 4.79 Å². The predicted molar refractivity (Wildman–Crippen MR) is 136 cm³/mol. The number of nitrogens with zero attached hydrogens (tertiary/aromatic N) is 1. The number of carboxylic acid groups (broad SMARTS) is 1. The fourth-order valence-corrected chi connectivity index (χ4v) is 4.20. The number of aromatic carboxylic acids is 1. The fourth-order valence-electron chi connectivity index (χ4n) is 4.20. The molecule has 4 rings (SSSR count). The van der Waals surface area contributed by atoms with Crippen LogP contribution in [0.2, 0.25) is 0 Å². The second-order valence-electron chi connectivity index (χ2n) is 8.89. The number of benzene rings is 3. The maximum absolute atomic E-state index is 12.4. The molecule has 0 radical (unpaired) electrons. The zero-order chi connectivity index (χ0) is 24.1. The molecule has 1 amide bonds. The minimum absolute atomic E-state index is 0.0536. The Kier molecular flexibility index (Phi) is 7.12. The number of para-hydroxylation sites is 1. The molecule has 1 heterocycles. The summed E-state index contributed by atoms with van der Waals surface area (Å²) >= 11 is 0. The number of carboxylic acids is 1. The zero-order valence-electron chi connectivity index (χ0n) is 19.6. The van der Waals surface area contributed by atoms with Gasteiger partial charge >= 0.3 is 5.97 Å². The van der Waals surface area contributed by atoms with Crippen LogP contribution in [0.4, 0.5) is 0 Å². The van der Waals surface area contributed by atoms with E-state index in [0.717, 1.165) is 41.4 Å². The number of nitrogens with one attached hydrogen (secondary N) is 1. The van der Waals surface area contributed by atoms with Crippen LogP contribution in [0.25, 0.3) is 16.6 Å². The van der Waals surface area contributed by atoms with E-state index < -0.39 is 5.97 Å². The van der Waals surface area contributed by atoms with Crippen LogP contribution in [-0.4, -0.2) is 28.1 Å². The second-order valence-corrected chi connectivity index (χ2v) is 8.89. The normalized spacial score (nSPS) is 11.1. The van der Waals surface area contributed by atoms with Crippen molar-refractivity contribution in [2.75, 3.05) is 6.54 Å². The molecule has 3 aromatic carbocycles. The van der Waals surface area contributed by atoms with Crippen molar-refractivity contribution in [2.24, 2.45) is 0 Å². The molecule has 34 heavy (non-hydrogen) atoms. The van der Waals surface area contributed by atoms with Gasteiger partial charge in [-0.2, -0.15) is 0 Å². The number of unbranched alkanes of at least 4 members (excludes halogenated alkanes) is 1. The average molecular weight is 455 g/mol. The standard InChI is InChI=1S/C29H30N2O3/c1-20(2)21-11-13-22(14-12-21)28(32)30-17-7-6-8-24-19-31(25-9-4-3-5-10-25)27-16-15-23(29(33)34)18-26(24)27/h3-5,9-16,18-20H,6-8,17H2,1-2H3,(H,30,32)(H,33,34). The van der Waals surface area contributed by atoms with Gasteiger partial charge in [0, 0.05) is 29.4 Å². The fraction of sp³-hybridized carbons (Fsp3) is 0.241. The number of hydrogen-bond acceptors (Lipinski definition) is 2. The number of carbonyl (C=O) groups is 2. The minimum Gasteiger partial charge on any atom is -0.478 e. The lowest BCUT2D eigenvalue weighted by Crippen LogP contribution is -2.24. The topological polar surface area (TPSA) is 71.3 Å². The van der Waals surface area contributed by atoms with Crippen molar-refractivity contribution in [1.82, 2.24) is 9.88 Å². The summed E-state index contributed by atoms with van der Waals surface area (Å²) in [6, 6.07) is 23.1. The highest BCUT2D eigenvalue weighted by atomic mass is 16.4. The maximum atomic E-state index is 12.4. The van der Waals surface area contributed by atoms with Crippen LogP contribution in [0.3, 0.4) is 0 Å². The summed E-state index contributed by atoms with van der Waals surface area (Å²) in [6.07, 6.45) is 4.63. The summed E-state index contributed by atoms with van der Waals surface area (Å²) in [6.45, 7) is 4.87. The lowest BCUT2D eigenvalue weighted by atomic mass is 10.0. The molecule has 5 nitrogen and oxygen atoms in total. The monoisotopic (exact) mass is 454 g/mol. The third-order valence-electron chi connectivity index (χ3n) is 6.17. The summed E-state index contributed by atoms with van der Waals surface area (Å²) in [5.41, 5.74) is 5.32. The van der Waals surface area contributed by atoms with E-state index in [2.05, 4.69) is 29.9 Å². The van der Waals surface area contributed by atoms with Crippen molar-refractivity contribution >= 4 is 22.8 Å². The Morgan fingerprint density at radius 1 is 0.912 bits per heavy atom. The van der Waals surface area contributed by atoms with Gasteiger partial charge in [0.25, 0.3) is 5.91 Å². The summed E-state index contributed by atoms with van der Waals surface area (Å²) in [5.74, 6) is -0.539. The van der Waals surface area contributed by atoms with E-state index in [1.54, 1.807) is 12.1 Å². The van der Waals surface area contributed by atoms with E-state index in [1.165, 1.54) is 5.56 Å². The molecule has 2 N–H and O–H groups in total. The first-order valence-corrected chi connectivity index (χ1v) is 11.7. The molecular formula is C29H30N2O3. The van der Waals surface area contributed by atoms with E-state index in [0.29, 0.717) is 18.0 Å². The van der Waals surface area contributed by atoms with Crippen LogP contribution < -0.4 is 5.32 Å².